The van der Waals surface area contributed by atoms with E-state index in [0.29, 0.717) is 5.92 Å². The molecule has 2 aliphatic carbocycles. The predicted molar refractivity (Wildman–Crippen MR) is 94.2 cm³/mol. The van der Waals surface area contributed by atoms with Crippen LogP contribution in [0.2, 0.25) is 0 Å². The molecule has 5 nitrogen and oxygen atoms in total. The molecule has 0 aromatic carbocycles. The first-order valence-electron chi connectivity index (χ1n) is 9.41. The van der Waals surface area contributed by atoms with Crippen LogP contribution in [0.5, 0.6) is 0 Å². The van der Waals surface area contributed by atoms with Gasteiger partial charge in [0, 0.05) is 12.1 Å². The molecule has 1 aliphatic heterocycles. The third kappa shape index (κ3) is 4.70. The first kappa shape index (κ1) is 19.2. The number of fused-ring (bicyclic) bond motifs is 2. The normalized spacial score (nSPS) is 41.1. The molecule has 24 heavy (non-hydrogen) atoms. The Morgan fingerprint density at radius 2 is 2.17 bits per heavy atom. The van der Waals surface area contributed by atoms with E-state index in [0.717, 1.165) is 57.5 Å². The molecule has 3 aliphatic rings. The number of carbonyl (C=O) groups is 1. The second kappa shape index (κ2) is 7.84. The molecule has 3 rings (SSSR count). The summed E-state index contributed by atoms with van der Waals surface area (Å²) in [6.07, 6.45) is 8.10. The van der Waals surface area contributed by atoms with Gasteiger partial charge < -0.3 is 15.3 Å². The molecule has 3 fully saturated rings. The van der Waals surface area contributed by atoms with E-state index in [4.69, 9.17) is 5.26 Å². The van der Waals surface area contributed by atoms with Gasteiger partial charge in [-0.25, -0.2) is 0 Å². The first-order chi connectivity index (χ1) is 11.3. The molecular weight excluding hydrogens is 302 g/mol. The van der Waals surface area contributed by atoms with Gasteiger partial charge in [0.15, 0.2) is 0 Å². The zero-order chi connectivity index (χ0) is 17.8. The van der Waals surface area contributed by atoms with Gasteiger partial charge in [-0.3, -0.25) is 4.79 Å². The number of hydrogen-bond donors (Lipinski definition) is 2. The number of rotatable bonds is 3. The van der Waals surface area contributed by atoms with E-state index in [1.807, 2.05) is 0 Å². The molecule has 2 bridgehead atoms. The highest BCUT2D eigenvalue weighted by molar-refractivity contribution is 5.49. The molecule has 2 N–H and O–H groups in total. The minimum Gasteiger partial charge on any atom is -0.390 e. The lowest BCUT2D eigenvalue weighted by Gasteiger charge is -2.52. The van der Waals surface area contributed by atoms with Gasteiger partial charge in [-0.1, -0.05) is 13.8 Å². The molecule has 1 heterocycles. The maximum absolute atomic E-state index is 10.6. The highest BCUT2D eigenvalue weighted by atomic mass is 16.3. The lowest BCUT2D eigenvalue weighted by Crippen LogP contribution is -2.57. The van der Waals surface area contributed by atoms with Gasteiger partial charge in [-0.2, -0.15) is 5.26 Å². The number of nitriles is 1. The number of nitrogens with one attached hydrogen (secondary N) is 1. The van der Waals surface area contributed by atoms with Crippen molar-refractivity contribution in [3.05, 3.63) is 0 Å². The Hall–Kier alpha value is -1.12. The standard InChI is InChI=1S/C13H25NO.C6H8N2O/c1-4-14-12(3)7-11-5-10(2)6-13(15,8-11)9-12;7-4-6-2-1-3-8(6)5-9/h10-11,14-15H,4-9H2,1-3H3;5-6H,1-3H2. The van der Waals surface area contributed by atoms with Crippen molar-refractivity contribution in [2.24, 2.45) is 11.8 Å². The van der Waals surface area contributed by atoms with Crippen LogP contribution in [0, 0.1) is 23.2 Å². The van der Waals surface area contributed by atoms with E-state index in [2.05, 4.69) is 32.2 Å². The Bertz CT molecular complexity index is 472. The van der Waals surface area contributed by atoms with E-state index >= 15 is 0 Å². The lowest BCUT2D eigenvalue weighted by atomic mass is 9.60. The van der Waals surface area contributed by atoms with Crippen LogP contribution in [-0.2, 0) is 4.79 Å². The average Bonchev–Trinajstić information content (AvgIpc) is 2.92. The number of amides is 1. The van der Waals surface area contributed by atoms with Crippen molar-refractivity contribution in [2.75, 3.05) is 13.1 Å². The van der Waals surface area contributed by atoms with E-state index < -0.39 is 0 Å². The SMILES string of the molecule is CCNC1(C)CC2CC(C)CC(O)(C2)C1.N#CC1CCCN1C=O. The number of likely N-dealkylation sites (tertiary alicyclic amines) is 1. The van der Waals surface area contributed by atoms with Crippen LogP contribution in [0.4, 0.5) is 0 Å². The summed E-state index contributed by atoms with van der Waals surface area (Å²) in [5.41, 5.74) is -0.204. The minimum atomic E-state index is -0.377. The molecule has 0 radical (unpaired) electrons. The first-order valence-corrected chi connectivity index (χ1v) is 9.41. The van der Waals surface area contributed by atoms with Crippen LogP contribution < -0.4 is 5.32 Å². The monoisotopic (exact) mass is 335 g/mol. The van der Waals surface area contributed by atoms with Gasteiger partial charge in [-0.15, -0.1) is 0 Å². The third-order valence-corrected chi connectivity index (χ3v) is 5.77. The molecule has 2 saturated carbocycles. The van der Waals surface area contributed by atoms with E-state index in [-0.39, 0.29) is 17.2 Å². The van der Waals surface area contributed by atoms with Crippen molar-refractivity contribution in [3.8, 4) is 6.07 Å². The van der Waals surface area contributed by atoms with Crippen LogP contribution in [0.1, 0.15) is 65.7 Å². The molecule has 1 amide bonds. The zero-order valence-corrected chi connectivity index (χ0v) is 15.4. The van der Waals surface area contributed by atoms with Crippen molar-refractivity contribution in [1.82, 2.24) is 10.2 Å². The average molecular weight is 335 g/mol. The van der Waals surface area contributed by atoms with Crippen LogP contribution in [-0.4, -0.2) is 46.7 Å². The van der Waals surface area contributed by atoms with Crippen LogP contribution in [0.3, 0.4) is 0 Å². The number of aliphatic hydroxyl groups is 1. The summed E-state index contributed by atoms with van der Waals surface area (Å²) < 4.78 is 0. The molecule has 136 valence electrons. The second-order valence-corrected chi connectivity index (χ2v) is 8.44. The summed E-state index contributed by atoms with van der Waals surface area (Å²) in [6.45, 7) is 8.48. The molecule has 0 aromatic heterocycles. The molecular formula is C19H33N3O2. The van der Waals surface area contributed by atoms with Gasteiger partial charge in [0.1, 0.15) is 6.04 Å². The Balaban J connectivity index is 0.000000198. The van der Waals surface area contributed by atoms with Gasteiger partial charge in [0.05, 0.1) is 11.7 Å². The number of hydrogen-bond acceptors (Lipinski definition) is 4. The molecule has 5 unspecified atom stereocenters. The fourth-order valence-corrected chi connectivity index (χ4v) is 5.36. The molecule has 0 aromatic rings. The van der Waals surface area contributed by atoms with Gasteiger partial charge >= 0.3 is 0 Å². The topological polar surface area (TPSA) is 76.4 Å². The van der Waals surface area contributed by atoms with Gasteiger partial charge in [0.2, 0.25) is 6.41 Å². The Kier molecular flexibility index (Phi) is 6.28. The largest absolute Gasteiger partial charge is 0.390 e. The van der Waals surface area contributed by atoms with Crippen molar-refractivity contribution >= 4 is 6.41 Å². The van der Waals surface area contributed by atoms with Crippen molar-refractivity contribution in [1.29, 1.82) is 5.26 Å². The molecule has 1 saturated heterocycles. The highest BCUT2D eigenvalue weighted by Gasteiger charge is 2.48. The molecule has 5 atom stereocenters. The number of carbonyl (C=O) groups excluding carboxylic acids is 1. The van der Waals surface area contributed by atoms with Crippen molar-refractivity contribution in [3.63, 3.8) is 0 Å². The highest BCUT2D eigenvalue weighted by Crippen LogP contribution is 2.48. The Morgan fingerprint density at radius 1 is 1.42 bits per heavy atom. The summed E-state index contributed by atoms with van der Waals surface area (Å²) in [7, 11) is 0. The second-order valence-electron chi connectivity index (χ2n) is 8.44. The maximum Gasteiger partial charge on any atom is 0.210 e. The Labute approximate surface area is 146 Å². The van der Waals surface area contributed by atoms with E-state index in [1.54, 1.807) is 4.90 Å². The fourth-order valence-electron chi connectivity index (χ4n) is 5.36. The minimum absolute atomic E-state index is 0.150. The quantitative estimate of drug-likeness (QED) is 0.777. The fraction of sp³-hybridized carbons (Fsp3) is 0.895. The smallest absolute Gasteiger partial charge is 0.210 e. The zero-order valence-electron chi connectivity index (χ0n) is 15.4. The lowest BCUT2D eigenvalue weighted by molar-refractivity contribution is -0.118. The van der Waals surface area contributed by atoms with Gasteiger partial charge in [0.25, 0.3) is 0 Å². The van der Waals surface area contributed by atoms with Crippen molar-refractivity contribution in [2.45, 2.75) is 82.9 Å². The maximum atomic E-state index is 10.6. The summed E-state index contributed by atoms with van der Waals surface area (Å²) in [4.78, 5) is 11.7. The number of nitrogens with zero attached hydrogens (tertiary/aromatic N) is 2. The summed E-state index contributed by atoms with van der Waals surface area (Å²) in [6, 6.07) is 1.91. The van der Waals surface area contributed by atoms with Crippen LogP contribution in [0.25, 0.3) is 0 Å². The molecule has 0 spiro atoms. The van der Waals surface area contributed by atoms with E-state index in [9.17, 15) is 9.90 Å². The third-order valence-electron chi connectivity index (χ3n) is 5.77. The molecule has 5 heteroatoms. The van der Waals surface area contributed by atoms with Crippen LogP contribution in [0.15, 0.2) is 0 Å². The van der Waals surface area contributed by atoms with Crippen molar-refractivity contribution < 1.29 is 9.90 Å². The van der Waals surface area contributed by atoms with E-state index in [1.165, 1.54) is 12.8 Å². The van der Waals surface area contributed by atoms with Crippen LogP contribution >= 0.6 is 0 Å². The summed E-state index contributed by atoms with van der Waals surface area (Å²) in [5, 5.41) is 22.6. The predicted octanol–water partition coefficient (Wildman–Crippen LogP) is 2.45. The summed E-state index contributed by atoms with van der Waals surface area (Å²) in [5.74, 6) is 1.44. The summed E-state index contributed by atoms with van der Waals surface area (Å²) >= 11 is 0. The Morgan fingerprint density at radius 3 is 2.71 bits per heavy atom. The van der Waals surface area contributed by atoms with Gasteiger partial charge in [-0.05, 0) is 70.3 Å².